The number of benzene rings is 1. The van der Waals surface area contributed by atoms with Gasteiger partial charge in [-0.2, -0.15) is 5.10 Å². The summed E-state index contributed by atoms with van der Waals surface area (Å²) in [6.07, 6.45) is 4.24. The molecule has 20 heavy (non-hydrogen) atoms. The van der Waals surface area contributed by atoms with Gasteiger partial charge in [-0.15, -0.1) is 0 Å². The number of nitrogens with zero attached hydrogens (tertiary/aromatic N) is 2. The highest BCUT2D eigenvalue weighted by Gasteiger charge is 2.07. The Hall–Kier alpha value is -2.89. The average molecular weight is 271 g/mol. The highest BCUT2D eigenvalue weighted by Crippen LogP contribution is 2.09. The molecule has 0 saturated heterocycles. The van der Waals surface area contributed by atoms with E-state index in [9.17, 15) is 9.59 Å². The first-order chi connectivity index (χ1) is 9.54. The SMILES string of the molecule is Cn1ccc(NC(=O)c2ccc(C=CC(=O)O)cc2)n1. The van der Waals surface area contributed by atoms with Crippen molar-refractivity contribution >= 4 is 23.8 Å². The molecule has 0 fully saturated rings. The van der Waals surface area contributed by atoms with E-state index >= 15 is 0 Å². The van der Waals surface area contributed by atoms with E-state index in [0.717, 1.165) is 6.08 Å². The van der Waals surface area contributed by atoms with Crippen LogP contribution in [0.1, 0.15) is 15.9 Å². The van der Waals surface area contributed by atoms with Crippen LogP contribution in [0.4, 0.5) is 5.82 Å². The summed E-state index contributed by atoms with van der Waals surface area (Å²) < 4.78 is 1.59. The van der Waals surface area contributed by atoms with Crippen LogP contribution in [0.25, 0.3) is 6.08 Å². The van der Waals surface area contributed by atoms with Crippen molar-refractivity contribution in [3.8, 4) is 0 Å². The molecule has 2 rings (SSSR count). The number of carbonyl (C=O) groups excluding carboxylic acids is 1. The third kappa shape index (κ3) is 3.55. The van der Waals surface area contributed by atoms with Crippen molar-refractivity contribution < 1.29 is 14.7 Å². The van der Waals surface area contributed by atoms with Crippen molar-refractivity contribution in [3.05, 3.63) is 53.7 Å². The van der Waals surface area contributed by atoms with E-state index in [0.29, 0.717) is 16.9 Å². The van der Waals surface area contributed by atoms with Gasteiger partial charge >= 0.3 is 5.97 Å². The second kappa shape index (κ2) is 5.83. The summed E-state index contributed by atoms with van der Waals surface area (Å²) in [6.45, 7) is 0. The Kier molecular flexibility index (Phi) is 3.95. The number of amides is 1. The molecule has 0 radical (unpaired) electrons. The summed E-state index contributed by atoms with van der Waals surface area (Å²) in [6, 6.07) is 8.29. The van der Waals surface area contributed by atoms with Crippen LogP contribution in [0.3, 0.4) is 0 Å². The molecule has 0 spiro atoms. The fraction of sp³-hybridized carbons (Fsp3) is 0.0714. The molecule has 1 aromatic heterocycles. The lowest BCUT2D eigenvalue weighted by molar-refractivity contribution is -0.131. The minimum atomic E-state index is -1.01. The lowest BCUT2D eigenvalue weighted by Gasteiger charge is -2.02. The molecule has 0 bridgehead atoms. The maximum atomic E-state index is 11.9. The van der Waals surface area contributed by atoms with Crippen LogP contribution in [0.5, 0.6) is 0 Å². The summed E-state index contributed by atoms with van der Waals surface area (Å²) in [7, 11) is 1.76. The summed E-state index contributed by atoms with van der Waals surface area (Å²) in [5.74, 6) is -0.799. The maximum absolute atomic E-state index is 11.9. The number of aromatic nitrogens is 2. The van der Waals surface area contributed by atoms with Gasteiger partial charge in [-0.3, -0.25) is 9.48 Å². The number of hydrogen-bond acceptors (Lipinski definition) is 3. The molecule has 102 valence electrons. The molecule has 2 N–H and O–H groups in total. The highest BCUT2D eigenvalue weighted by molar-refractivity contribution is 6.03. The number of carboxylic acids is 1. The monoisotopic (exact) mass is 271 g/mol. The Morgan fingerprint density at radius 1 is 1.25 bits per heavy atom. The Bertz CT molecular complexity index is 657. The minimum Gasteiger partial charge on any atom is -0.478 e. The number of hydrogen-bond donors (Lipinski definition) is 2. The highest BCUT2D eigenvalue weighted by atomic mass is 16.4. The molecule has 0 aliphatic heterocycles. The van der Waals surface area contributed by atoms with Crippen molar-refractivity contribution in [1.82, 2.24) is 9.78 Å². The first-order valence-electron chi connectivity index (χ1n) is 5.86. The fourth-order valence-electron chi connectivity index (χ4n) is 1.58. The minimum absolute atomic E-state index is 0.266. The van der Waals surface area contributed by atoms with Gasteiger partial charge in [-0.05, 0) is 23.8 Å². The topological polar surface area (TPSA) is 84.2 Å². The van der Waals surface area contributed by atoms with E-state index in [-0.39, 0.29) is 5.91 Å². The number of carboxylic acid groups (broad SMARTS) is 1. The molecule has 1 heterocycles. The Labute approximate surface area is 115 Å². The first-order valence-corrected chi connectivity index (χ1v) is 5.86. The van der Waals surface area contributed by atoms with E-state index in [4.69, 9.17) is 5.11 Å². The van der Waals surface area contributed by atoms with E-state index in [1.54, 1.807) is 48.3 Å². The van der Waals surface area contributed by atoms with Crippen LogP contribution >= 0.6 is 0 Å². The molecule has 0 aliphatic carbocycles. The molecular formula is C14H13N3O3. The van der Waals surface area contributed by atoms with Gasteiger partial charge < -0.3 is 10.4 Å². The van der Waals surface area contributed by atoms with Crippen LogP contribution in [-0.2, 0) is 11.8 Å². The zero-order valence-corrected chi connectivity index (χ0v) is 10.8. The van der Waals surface area contributed by atoms with Crippen molar-refractivity contribution in [1.29, 1.82) is 0 Å². The lowest BCUT2D eigenvalue weighted by Crippen LogP contribution is -2.12. The smallest absolute Gasteiger partial charge is 0.328 e. The molecule has 1 aromatic carbocycles. The number of nitrogens with one attached hydrogen (secondary N) is 1. The van der Waals surface area contributed by atoms with Crippen molar-refractivity contribution in [2.45, 2.75) is 0 Å². The number of anilines is 1. The third-order valence-corrected chi connectivity index (χ3v) is 2.55. The van der Waals surface area contributed by atoms with Gasteiger partial charge in [-0.25, -0.2) is 4.79 Å². The number of carbonyl (C=O) groups is 2. The van der Waals surface area contributed by atoms with Gasteiger partial charge in [0.15, 0.2) is 5.82 Å². The van der Waals surface area contributed by atoms with Crippen molar-refractivity contribution in [2.75, 3.05) is 5.32 Å². The van der Waals surface area contributed by atoms with Gasteiger partial charge in [0.2, 0.25) is 0 Å². The van der Waals surface area contributed by atoms with Crippen LogP contribution in [0, 0.1) is 0 Å². The number of rotatable bonds is 4. The molecule has 0 saturated carbocycles. The largest absolute Gasteiger partial charge is 0.478 e. The van der Waals surface area contributed by atoms with Crippen LogP contribution in [0.15, 0.2) is 42.6 Å². The zero-order valence-electron chi connectivity index (χ0n) is 10.8. The molecule has 6 nitrogen and oxygen atoms in total. The lowest BCUT2D eigenvalue weighted by atomic mass is 10.1. The third-order valence-electron chi connectivity index (χ3n) is 2.55. The summed E-state index contributed by atoms with van der Waals surface area (Å²) in [5, 5.41) is 15.2. The average Bonchev–Trinajstić information content (AvgIpc) is 2.82. The summed E-state index contributed by atoms with van der Waals surface area (Å²) in [5.41, 5.74) is 1.19. The van der Waals surface area contributed by atoms with Crippen molar-refractivity contribution in [3.63, 3.8) is 0 Å². The Balaban J connectivity index is 2.05. The molecule has 0 unspecified atom stereocenters. The molecule has 6 heteroatoms. The summed E-state index contributed by atoms with van der Waals surface area (Å²) in [4.78, 5) is 22.3. The predicted octanol–water partition coefficient (Wildman–Crippen LogP) is 1.77. The van der Waals surface area contributed by atoms with E-state index in [1.165, 1.54) is 6.08 Å². The van der Waals surface area contributed by atoms with E-state index in [2.05, 4.69) is 10.4 Å². The van der Waals surface area contributed by atoms with Crippen LogP contribution in [0.2, 0.25) is 0 Å². The van der Waals surface area contributed by atoms with Gasteiger partial charge in [-0.1, -0.05) is 12.1 Å². The molecule has 0 aliphatic rings. The zero-order chi connectivity index (χ0) is 14.5. The molecular weight excluding hydrogens is 258 g/mol. The summed E-state index contributed by atoms with van der Waals surface area (Å²) >= 11 is 0. The quantitative estimate of drug-likeness (QED) is 0.830. The molecule has 2 aromatic rings. The van der Waals surface area contributed by atoms with Crippen LogP contribution in [-0.4, -0.2) is 26.8 Å². The first kappa shape index (κ1) is 13.5. The fourth-order valence-corrected chi connectivity index (χ4v) is 1.58. The normalized spacial score (nSPS) is 10.7. The standard InChI is InChI=1S/C14H13N3O3/c1-17-9-8-12(16-17)15-14(20)11-5-2-10(3-6-11)4-7-13(18)19/h2-9H,1H3,(H,18,19)(H,15,16,20). The molecule has 0 atom stereocenters. The van der Waals surface area contributed by atoms with Crippen LogP contribution < -0.4 is 5.32 Å². The Morgan fingerprint density at radius 3 is 2.50 bits per heavy atom. The maximum Gasteiger partial charge on any atom is 0.328 e. The van der Waals surface area contributed by atoms with E-state index in [1.807, 2.05) is 0 Å². The second-order valence-corrected chi connectivity index (χ2v) is 4.12. The van der Waals surface area contributed by atoms with Gasteiger partial charge in [0, 0.05) is 31.0 Å². The predicted molar refractivity (Wildman–Crippen MR) is 74.3 cm³/mol. The Morgan fingerprint density at radius 2 is 1.95 bits per heavy atom. The number of aryl methyl sites for hydroxylation is 1. The van der Waals surface area contributed by atoms with E-state index < -0.39 is 5.97 Å². The van der Waals surface area contributed by atoms with Gasteiger partial charge in [0.05, 0.1) is 0 Å². The van der Waals surface area contributed by atoms with Crippen molar-refractivity contribution in [2.24, 2.45) is 7.05 Å². The van der Waals surface area contributed by atoms with Gasteiger partial charge in [0.25, 0.3) is 5.91 Å². The number of aliphatic carboxylic acids is 1. The second-order valence-electron chi connectivity index (χ2n) is 4.12. The van der Waals surface area contributed by atoms with Gasteiger partial charge in [0.1, 0.15) is 0 Å². The molecule has 1 amide bonds.